The van der Waals surface area contributed by atoms with Crippen molar-refractivity contribution in [1.82, 2.24) is 15.1 Å². The molecule has 1 heterocycles. The van der Waals surface area contributed by atoms with Crippen LogP contribution in [0.1, 0.15) is 25.3 Å². The van der Waals surface area contributed by atoms with Crippen LogP contribution < -0.4 is 5.32 Å². The van der Waals surface area contributed by atoms with Gasteiger partial charge in [0.15, 0.2) is 0 Å². The number of hydrogen-bond donors (Lipinski definition) is 1. The second kappa shape index (κ2) is 6.77. The van der Waals surface area contributed by atoms with Gasteiger partial charge < -0.3 is 5.32 Å². The molecule has 3 nitrogen and oxygen atoms in total. The summed E-state index contributed by atoms with van der Waals surface area (Å²) in [5.74, 6) is 2.70. The fourth-order valence-corrected chi connectivity index (χ4v) is 1.94. The normalized spacial score (nSPS) is 12.0. The fraction of sp³-hybridized carbons (Fsp3) is 0.312. The molecule has 2 aromatic rings. The first-order valence-corrected chi connectivity index (χ1v) is 6.59. The minimum absolute atomic E-state index is 0.380. The Morgan fingerprint density at radius 3 is 2.84 bits per heavy atom. The first-order valence-electron chi connectivity index (χ1n) is 6.59. The molecule has 0 saturated carbocycles. The lowest BCUT2D eigenvalue weighted by Gasteiger charge is -2.12. The van der Waals surface area contributed by atoms with Gasteiger partial charge in [-0.15, -0.1) is 12.3 Å². The molecule has 1 atom stereocenters. The Morgan fingerprint density at radius 1 is 1.37 bits per heavy atom. The van der Waals surface area contributed by atoms with Gasteiger partial charge in [-0.25, -0.2) is 4.68 Å². The standard InChI is InChI=1S/C16H19N3/c1-3-8-15(4-2)17-11-14-12-18-19(13-14)16-9-6-5-7-10-16/h1,5-7,9-10,12-13,15,17H,4,8,11H2,2H3. The summed E-state index contributed by atoms with van der Waals surface area (Å²) in [5.41, 5.74) is 2.24. The van der Waals surface area contributed by atoms with Gasteiger partial charge in [-0.2, -0.15) is 5.10 Å². The molecule has 2 rings (SSSR count). The quantitative estimate of drug-likeness (QED) is 0.802. The van der Waals surface area contributed by atoms with Crippen LogP contribution in [0.5, 0.6) is 0 Å². The summed E-state index contributed by atoms with van der Waals surface area (Å²) in [7, 11) is 0. The molecule has 0 spiro atoms. The maximum absolute atomic E-state index is 5.35. The molecule has 0 aliphatic heterocycles. The van der Waals surface area contributed by atoms with Crippen molar-refractivity contribution in [3.63, 3.8) is 0 Å². The van der Waals surface area contributed by atoms with Crippen LogP contribution >= 0.6 is 0 Å². The molecule has 98 valence electrons. The van der Waals surface area contributed by atoms with Crippen LogP contribution in [0.15, 0.2) is 42.7 Å². The molecule has 1 aromatic heterocycles. The summed E-state index contributed by atoms with van der Waals surface area (Å²) in [6.07, 6.45) is 11.1. The van der Waals surface area contributed by atoms with Crippen molar-refractivity contribution in [2.45, 2.75) is 32.4 Å². The Balaban J connectivity index is 1.97. The molecule has 0 saturated heterocycles. The van der Waals surface area contributed by atoms with Crippen molar-refractivity contribution >= 4 is 0 Å². The van der Waals surface area contributed by atoms with Crippen LogP contribution in [0, 0.1) is 12.3 Å². The van der Waals surface area contributed by atoms with Gasteiger partial charge in [0.1, 0.15) is 0 Å². The second-order valence-electron chi connectivity index (χ2n) is 4.52. The number of nitrogens with one attached hydrogen (secondary N) is 1. The van der Waals surface area contributed by atoms with Crippen molar-refractivity contribution in [3.8, 4) is 18.0 Å². The maximum Gasteiger partial charge on any atom is 0.0645 e. The summed E-state index contributed by atoms with van der Waals surface area (Å²) in [6, 6.07) is 10.5. The highest BCUT2D eigenvalue weighted by molar-refractivity contribution is 5.30. The Bertz CT molecular complexity index is 537. The van der Waals surface area contributed by atoms with Crippen molar-refractivity contribution in [2.24, 2.45) is 0 Å². The molecule has 1 unspecified atom stereocenters. The molecule has 0 radical (unpaired) electrons. The van der Waals surface area contributed by atoms with Crippen LogP contribution in [-0.2, 0) is 6.54 Å². The number of para-hydroxylation sites is 1. The molecule has 3 heteroatoms. The Kier molecular flexibility index (Phi) is 4.77. The lowest BCUT2D eigenvalue weighted by atomic mass is 10.1. The van der Waals surface area contributed by atoms with Gasteiger partial charge in [0, 0.05) is 30.8 Å². The molecular formula is C16H19N3. The van der Waals surface area contributed by atoms with E-state index in [1.165, 1.54) is 5.56 Å². The van der Waals surface area contributed by atoms with Crippen LogP contribution in [0.2, 0.25) is 0 Å². The predicted octanol–water partition coefficient (Wildman–Crippen LogP) is 2.76. The zero-order valence-electron chi connectivity index (χ0n) is 11.2. The van der Waals surface area contributed by atoms with Crippen molar-refractivity contribution in [1.29, 1.82) is 0 Å². The van der Waals surface area contributed by atoms with E-state index < -0.39 is 0 Å². The Morgan fingerprint density at radius 2 is 2.16 bits per heavy atom. The smallest absolute Gasteiger partial charge is 0.0645 e. The van der Waals surface area contributed by atoms with Crippen LogP contribution in [0.4, 0.5) is 0 Å². The van der Waals surface area contributed by atoms with E-state index in [-0.39, 0.29) is 0 Å². The summed E-state index contributed by atoms with van der Waals surface area (Å²) in [4.78, 5) is 0. The van der Waals surface area contributed by atoms with Crippen molar-refractivity contribution in [3.05, 3.63) is 48.3 Å². The zero-order valence-corrected chi connectivity index (χ0v) is 11.2. The number of terminal acetylenes is 1. The van der Waals surface area contributed by atoms with Crippen molar-refractivity contribution in [2.75, 3.05) is 0 Å². The first kappa shape index (κ1) is 13.4. The van der Waals surface area contributed by atoms with E-state index >= 15 is 0 Å². The minimum Gasteiger partial charge on any atom is -0.309 e. The Hall–Kier alpha value is -2.05. The number of benzene rings is 1. The molecular weight excluding hydrogens is 234 g/mol. The largest absolute Gasteiger partial charge is 0.309 e. The van der Waals surface area contributed by atoms with E-state index in [9.17, 15) is 0 Å². The highest BCUT2D eigenvalue weighted by atomic mass is 15.3. The third kappa shape index (κ3) is 3.70. The summed E-state index contributed by atoms with van der Waals surface area (Å²) in [5, 5.41) is 7.83. The lowest BCUT2D eigenvalue weighted by molar-refractivity contribution is 0.507. The van der Waals surface area contributed by atoms with Gasteiger partial charge in [-0.3, -0.25) is 0 Å². The zero-order chi connectivity index (χ0) is 13.5. The van der Waals surface area contributed by atoms with Gasteiger partial charge in [-0.1, -0.05) is 25.1 Å². The van der Waals surface area contributed by atoms with Gasteiger partial charge >= 0.3 is 0 Å². The first-order chi connectivity index (χ1) is 9.33. The van der Waals surface area contributed by atoms with E-state index in [4.69, 9.17) is 6.42 Å². The lowest BCUT2D eigenvalue weighted by Crippen LogP contribution is -2.27. The number of hydrogen-bond acceptors (Lipinski definition) is 2. The molecule has 0 aliphatic carbocycles. The van der Waals surface area contributed by atoms with E-state index in [0.717, 1.165) is 25.1 Å². The SMILES string of the molecule is C#CCC(CC)NCc1cnn(-c2ccccc2)c1. The van der Waals surface area contributed by atoms with Crippen LogP contribution in [-0.4, -0.2) is 15.8 Å². The maximum atomic E-state index is 5.35. The van der Waals surface area contributed by atoms with Crippen LogP contribution in [0.3, 0.4) is 0 Å². The minimum atomic E-state index is 0.380. The van der Waals surface area contributed by atoms with Gasteiger partial charge in [-0.05, 0) is 18.6 Å². The molecule has 0 amide bonds. The van der Waals surface area contributed by atoms with E-state index in [2.05, 4.69) is 23.3 Å². The van der Waals surface area contributed by atoms with E-state index in [1.54, 1.807) is 0 Å². The third-order valence-corrected chi connectivity index (χ3v) is 3.11. The van der Waals surface area contributed by atoms with Gasteiger partial charge in [0.05, 0.1) is 11.9 Å². The van der Waals surface area contributed by atoms with E-state index in [1.807, 2.05) is 47.4 Å². The molecule has 0 bridgehead atoms. The number of rotatable bonds is 6. The van der Waals surface area contributed by atoms with Crippen LogP contribution in [0.25, 0.3) is 5.69 Å². The average Bonchev–Trinajstić information content (AvgIpc) is 2.93. The van der Waals surface area contributed by atoms with Gasteiger partial charge in [0.2, 0.25) is 0 Å². The topological polar surface area (TPSA) is 29.9 Å². The average molecular weight is 253 g/mol. The summed E-state index contributed by atoms with van der Waals surface area (Å²) >= 11 is 0. The Labute approximate surface area is 114 Å². The van der Waals surface area contributed by atoms with Crippen molar-refractivity contribution < 1.29 is 0 Å². The number of aromatic nitrogens is 2. The molecule has 1 N–H and O–H groups in total. The predicted molar refractivity (Wildman–Crippen MR) is 77.9 cm³/mol. The second-order valence-corrected chi connectivity index (χ2v) is 4.52. The summed E-state index contributed by atoms with van der Waals surface area (Å²) in [6.45, 7) is 2.94. The highest BCUT2D eigenvalue weighted by Crippen LogP contribution is 2.08. The molecule has 0 fully saturated rings. The fourth-order valence-electron chi connectivity index (χ4n) is 1.94. The molecule has 19 heavy (non-hydrogen) atoms. The van der Waals surface area contributed by atoms with Gasteiger partial charge in [0.25, 0.3) is 0 Å². The monoisotopic (exact) mass is 253 g/mol. The summed E-state index contributed by atoms with van der Waals surface area (Å²) < 4.78 is 1.89. The highest BCUT2D eigenvalue weighted by Gasteiger charge is 2.05. The molecule has 0 aliphatic rings. The van der Waals surface area contributed by atoms with E-state index in [0.29, 0.717) is 6.04 Å². The number of nitrogens with zero attached hydrogens (tertiary/aromatic N) is 2. The third-order valence-electron chi connectivity index (χ3n) is 3.11. The molecule has 1 aromatic carbocycles.